The smallest absolute Gasteiger partial charge is 0.128 e. The molecule has 2 aliphatic heterocycles. The molecule has 2 heterocycles. The summed E-state index contributed by atoms with van der Waals surface area (Å²) in [6, 6.07) is 12.6. The van der Waals surface area contributed by atoms with Gasteiger partial charge in [0.05, 0.1) is 12.0 Å². The van der Waals surface area contributed by atoms with Crippen LogP contribution >= 0.6 is 0 Å². The van der Waals surface area contributed by atoms with Crippen molar-refractivity contribution >= 4 is 11.5 Å². The van der Waals surface area contributed by atoms with E-state index in [1.807, 2.05) is 37.3 Å². The summed E-state index contributed by atoms with van der Waals surface area (Å²) in [5.74, 6) is 2.22. The average Bonchev–Trinajstić information content (AvgIpc) is 2.83. The van der Waals surface area contributed by atoms with E-state index in [0.717, 1.165) is 43.5 Å². The number of allylic oxidation sites excluding steroid dienone is 1. The van der Waals surface area contributed by atoms with Crippen LogP contribution in [0.2, 0.25) is 0 Å². The Morgan fingerprint density at radius 3 is 2.77 bits per heavy atom. The Labute approximate surface area is 156 Å². The summed E-state index contributed by atoms with van der Waals surface area (Å²) in [4.78, 5) is 4.87. The van der Waals surface area contributed by atoms with Gasteiger partial charge in [0.1, 0.15) is 11.7 Å². The zero-order chi connectivity index (χ0) is 18.6. The highest BCUT2D eigenvalue weighted by Gasteiger charge is 2.59. The third-order valence-electron chi connectivity index (χ3n) is 5.71. The van der Waals surface area contributed by atoms with E-state index in [9.17, 15) is 5.26 Å². The molecule has 5 nitrogen and oxygen atoms in total. The topological polar surface area (TPSA) is 69.4 Å². The fourth-order valence-corrected chi connectivity index (χ4v) is 4.02. The van der Waals surface area contributed by atoms with Crippen LogP contribution in [0.3, 0.4) is 0 Å². The molecule has 4 atom stereocenters. The van der Waals surface area contributed by atoms with Crippen LogP contribution in [0.25, 0.3) is 0 Å². The third-order valence-corrected chi connectivity index (χ3v) is 5.71. The van der Waals surface area contributed by atoms with E-state index < -0.39 is 0 Å². The van der Waals surface area contributed by atoms with Crippen molar-refractivity contribution in [2.75, 3.05) is 25.1 Å². The maximum absolute atomic E-state index is 9.73. The van der Waals surface area contributed by atoms with Gasteiger partial charge in [0.25, 0.3) is 0 Å². The molecule has 0 amide bonds. The molecule has 4 unspecified atom stereocenters. The molecule has 2 bridgehead atoms. The van der Waals surface area contributed by atoms with Crippen molar-refractivity contribution in [2.45, 2.75) is 27.2 Å². The monoisotopic (exact) mass is 352 g/mol. The number of nitriles is 1. The number of rotatable bonds is 7. The molecule has 0 radical (unpaired) electrons. The van der Waals surface area contributed by atoms with Crippen LogP contribution in [0.5, 0.6) is 0 Å². The predicted octanol–water partition coefficient (Wildman–Crippen LogP) is 3.78. The van der Waals surface area contributed by atoms with Crippen molar-refractivity contribution in [2.24, 2.45) is 28.2 Å². The Kier molecular flexibility index (Phi) is 5.63. The van der Waals surface area contributed by atoms with E-state index in [-0.39, 0.29) is 17.3 Å². The first kappa shape index (κ1) is 18.5. The number of fused-ring (bicyclic) bond motifs is 1. The molecule has 138 valence electrons. The van der Waals surface area contributed by atoms with Gasteiger partial charge in [0.2, 0.25) is 0 Å². The fourth-order valence-electron chi connectivity index (χ4n) is 4.02. The Morgan fingerprint density at radius 2 is 2.08 bits per heavy atom. The zero-order valence-electron chi connectivity index (χ0n) is 15.8. The molecule has 1 fully saturated rings. The summed E-state index contributed by atoms with van der Waals surface area (Å²) in [5, 5.41) is 16.6. The van der Waals surface area contributed by atoms with Crippen LogP contribution in [0.4, 0.5) is 5.69 Å². The van der Waals surface area contributed by atoms with Gasteiger partial charge in [0, 0.05) is 36.8 Å². The summed E-state index contributed by atoms with van der Waals surface area (Å²) < 4.78 is 5.41. The number of amidine groups is 1. The van der Waals surface area contributed by atoms with E-state index >= 15 is 0 Å². The van der Waals surface area contributed by atoms with Gasteiger partial charge in [-0.2, -0.15) is 5.26 Å². The normalized spacial score (nSPS) is 29.5. The minimum Gasteiger partial charge on any atom is -0.382 e. The van der Waals surface area contributed by atoms with Gasteiger partial charge >= 0.3 is 0 Å². The Hall–Kier alpha value is -2.32. The number of hydrogen-bond acceptors (Lipinski definition) is 5. The first-order valence-electron chi connectivity index (χ1n) is 9.45. The predicted molar refractivity (Wildman–Crippen MR) is 105 cm³/mol. The van der Waals surface area contributed by atoms with Crippen molar-refractivity contribution in [3.05, 3.63) is 42.2 Å². The molecular formula is C21H28N4O. The van der Waals surface area contributed by atoms with E-state index in [0.29, 0.717) is 5.92 Å². The number of para-hydroxylation sites is 1. The molecule has 1 saturated carbocycles. The van der Waals surface area contributed by atoms with E-state index in [2.05, 4.69) is 36.6 Å². The maximum Gasteiger partial charge on any atom is 0.128 e. The molecule has 0 spiro atoms. The second kappa shape index (κ2) is 7.92. The van der Waals surface area contributed by atoms with Gasteiger partial charge in [-0.25, -0.2) is 4.99 Å². The van der Waals surface area contributed by atoms with Crippen LogP contribution < -0.4 is 10.6 Å². The lowest BCUT2D eigenvalue weighted by Gasteiger charge is -2.53. The molecule has 1 aromatic carbocycles. The van der Waals surface area contributed by atoms with Crippen LogP contribution in [0.15, 0.2) is 47.2 Å². The number of anilines is 1. The lowest BCUT2D eigenvalue weighted by atomic mass is 9.48. The van der Waals surface area contributed by atoms with E-state index in [4.69, 9.17) is 9.73 Å². The number of benzene rings is 1. The molecule has 0 aromatic heterocycles. The molecule has 4 rings (SSSR count). The van der Waals surface area contributed by atoms with Crippen LogP contribution in [0.1, 0.15) is 27.2 Å². The molecule has 0 saturated heterocycles. The minimum atomic E-state index is -0.158. The summed E-state index contributed by atoms with van der Waals surface area (Å²) in [6.45, 7) is 8.67. The molecule has 26 heavy (non-hydrogen) atoms. The second-order valence-corrected chi connectivity index (χ2v) is 7.28. The molecule has 1 aliphatic carbocycles. The van der Waals surface area contributed by atoms with Crippen LogP contribution in [0, 0.1) is 34.5 Å². The molecule has 3 aliphatic rings. The van der Waals surface area contributed by atoms with Crippen molar-refractivity contribution < 1.29 is 4.74 Å². The molecule has 5 heteroatoms. The lowest BCUT2D eigenvalue weighted by Crippen LogP contribution is -2.57. The second-order valence-electron chi connectivity index (χ2n) is 7.28. The number of nitrogens with zero attached hydrogens (tertiary/aromatic N) is 2. The highest BCUT2D eigenvalue weighted by Crippen LogP contribution is 2.58. The third kappa shape index (κ3) is 3.47. The Balaban J connectivity index is 1.80. The van der Waals surface area contributed by atoms with Crippen molar-refractivity contribution in [1.29, 1.82) is 5.26 Å². The Morgan fingerprint density at radius 1 is 1.31 bits per heavy atom. The first-order chi connectivity index (χ1) is 12.6. The minimum absolute atomic E-state index is 0.0503. The summed E-state index contributed by atoms with van der Waals surface area (Å²) >= 11 is 0. The zero-order valence-corrected chi connectivity index (χ0v) is 15.8. The number of nitrogens with one attached hydrogen (secondary N) is 2. The SMILES string of the molecule is CCOCCCNC1=NC(Nc2ccccc2)=CC2(C)C(C)C1C2C#N. The Bertz CT molecular complexity index is 721. The van der Waals surface area contributed by atoms with E-state index in [1.54, 1.807) is 0 Å². The highest BCUT2D eigenvalue weighted by molar-refractivity contribution is 5.89. The number of ether oxygens (including phenoxy) is 1. The lowest BCUT2D eigenvalue weighted by molar-refractivity contribution is 0.0164. The van der Waals surface area contributed by atoms with Gasteiger partial charge < -0.3 is 15.4 Å². The molecule has 2 N–H and O–H groups in total. The fraction of sp³-hybridized carbons (Fsp3) is 0.524. The average molecular weight is 352 g/mol. The quantitative estimate of drug-likeness (QED) is 0.733. The first-order valence-corrected chi connectivity index (χ1v) is 9.45. The number of aliphatic imine (C=N–C) groups is 1. The van der Waals surface area contributed by atoms with Crippen molar-refractivity contribution in [1.82, 2.24) is 5.32 Å². The summed E-state index contributed by atoms with van der Waals surface area (Å²) in [7, 11) is 0. The van der Waals surface area contributed by atoms with Gasteiger partial charge in [-0.15, -0.1) is 0 Å². The molecule has 1 aromatic rings. The van der Waals surface area contributed by atoms with Gasteiger partial charge in [-0.05, 0) is 37.5 Å². The highest BCUT2D eigenvalue weighted by atomic mass is 16.5. The van der Waals surface area contributed by atoms with Crippen molar-refractivity contribution in [3.8, 4) is 6.07 Å². The van der Waals surface area contributed by atoms with Crippen molar-refractivity contribution in [3.63, 3.8) is 0 Å². The standard InChI is InChI=1S/C21H28N4O/c1-4-26-12-8-11-23-20-19-15(2)21(3,17(19)14-22)13-18(25-20)24-16-9-6-5-7-10-16/h5-7,9-10,13,15,17,19,24H,4,8,11-12H2,1-3H3,(H,23,25). The molecular weight excluding hydrogens is 324 g/mol. The number of hydrogen-bond donors (Lipinski definition) is 2. The van der Waals surface area contributed by atoms with Gasteiger partial charge in [0.15, 0.2) is 0 Å². The van der Waals surface area contributed by atoms with Crippen LogP contribution in [-0.4, -0.2) is 25.6 Å². The summed E-state index contributed by atoms with van der Waals surface area (Å²) in [5.41, 5.74) is 0.844. The summed E-state index contributed by atoms with van der Waals surface area (Å²) in [6.07, 6.45) is 3.07. The largest absolute Gasteiger partial charge is 0.382 e. The maximum atomic E-state index is 9.73. The van der Waals surface area contributed by atoms with Gasteiger partial charge in [-0.1, -0.05) is 32.0 Å². The van der Waals surface area contributed by atoms with Gasteiger partial charge in [-0.3, -0.25) is 0 Å². The van der Waals surface area contributed by atoms with Crippen LogP contribution in [-0.2, 0) is 4.74 Å². The van der Waals surface area contributed by atoms with E-state index in [1.165, 1.54) is 0 Å².